The number of carbonyl (C=O) groups is 1. The molecule has 4 heteroatoms. The lowest BCUT2D eigenvalue weighted by molar-refractivity contribution is 0.0950. The van der Waals surface area contributed by atoms with E-state index in [4.69, 9.17) is 0 Å². The molecule has 3 aromatic rings. The molecule has 0 aliphatic heterocycles. The van der Waals surface area contributed by atoms with Crippen LogP contribution in [0.4, 0.5) is 4.39 Å². The molecule has 0 saturated carbocycles. The Morgan fingerprint density at radius 3 is 2.62 bits per heavy atom. The highest BCUT2D eigenvalue weighted by Gasteiger charge is 2.12. The monoisotopic (exact) mass is 322 g/mol. The summed E-state index contributed by atoms with van der Waals surface area (Å²) < 4.78 is 13.6. The number of nitrogens with zero attached hydrogens (tertiary/aromatic N) is 1. The van der Waals surface area contributed by atoms with Crippen LogP contribution in [-0.2, 0) is 6.54 Å². The van der Waals surface area contributed by atoms with Gasteiger partial charge in [0.05, 0.1) is 16.8 Å². The number of halogens is 1. The zero-order valence-corrected chi connectivity index (χ0v) is 14.0. The molecule has 3 nitrogen and oxygen atoms in total. The topological polar surface area (TPSA) is 42.0 Å². The third-order valence-electron chi connectivity index (χ3n) is 4.09. The molecule has 0 unspecified atom stereocenters. The minimum absolute atomic E-state index is 0.204. The van der Waals surface area contributed by atoms with E-state index < -0.39 is 0 Å². The standard InChI is InChI=1S/C20H19FN2O/c1-12-4-7-19-16(8-12)10-17(14(3)23-19)20(24)22-11-15-6-5-13(2)18(21)9-15/h4-10H,11H2,1-3H3,(H,22,24). The molecule has 3 rings (SSSR count). The first-order chi connectivity index (χ1) is 11.4. The molecule has 0 saturated heterocycles. The van der Waals surface area contributed by atoms with Crippen LogP contribution in [0.25, 0.3) is 10.9 Å². The minimum atomic E-state index is -0.263. The Kier molecular flexibility index (Phi) is 4.30. The van der Waals surface area contributed by atoms with Gasteiger partial charge < -0.3 is 5.32 Å². The van der Waals surface area contributed by atoms with Gasteiger partial charge in [0.2, 0.25) is 0 Å². The van der Waals surface area contributed by atoms with Gasteiger partial charge in [0.1, 0.15) is 5.82 Å². The highest BCUT2D eigenvalue weighted by molar-refractivity contribution is 5.98. The number of fused-ring (bicyclic) bond motifs is 1. The van der Waals surface area contributed by atoms with Gasteiger partial charge in [-0.25, -0.2) is 4.39 Å². The molecule has 0 fully saturated rings. The van der Waals surface area contributed by atoms with Gasteiger partial charge in [0.15, 0.2) is 0 Å². The van der Waals surface area contributed by atoms with Gasteiger partial charge in [-0.3, -0.25) is 9.78 Å². The number of rotatable bonds is 3. The maximum atomic E-state index is 13.6. The van der Waals surface area contributed by atoms with Crippen LogP contribution in [0, 0.1) is 26.6 Å². The molecule has 0 spiro atoms. The van der Waals surface area contributed by atoms with E-state index in [1.807, 2.05) is 44.2 Å². The molecular formula is C20H19FN2O. The summed E-state index contributed by atoms with van der Waals surface area (Å²) in [6.45, 7) is 5.82. The van der Waals surface area contributed by atoms with Crippen molar-refractivity contribution in [3.63, 3.8) is 0 Å². The van der Waals surface area contributed by atoms with Crippen molar-refractivity contribution in [1.29, 1.82) is 0 Å². The predicted molar refractivity (Wildman–Crippen MR) is 93.5 cm³/mol. The van der Waals surface area contributed by atoms with Crippen LogP contribution < -0.4 is 5.32 Å². The number of nitrogens with one attached hydrogen (secondary N) is 1. The van der Waals surface area contributed by atoms with Crippen molar-refractivity contribution in [2.75, 3.05) is 0 Å². The Bertz CT molecular complexity index is 934. The molecule has 2 aromatic carbocycles. The van der Waals surface area contributed by atoms with Gasteiger partial charge in [0, 0.05) is 11.9 Å². The summed E-state index contributed by atoms with van der Waals surface area (Å²) >= 11 is 0. The SMILES string of the molecule is Cc1ccc2nc(C)c(C(=O)NCc3ccc(C)c(F)c3)cc2c1. The third kappa shape index (κ3) is 3.27. The molecule has 122 valence electrons. The van der Waals surface area contributed by atoms with Crippen LogP contribution in [0.2, 0.25) is 0 Å². The number of pyridine rings is 1. The van der Waals surface area contributed by atoms with Crippen LogP contribution in [-0.4, -0.2) is 10.9 Å². The molecule has 1 amide bonds. The first-order valence-corrected chi connectivity index (χ1v) is 7.85. The van der Waals surface area contributed by atoms with E-state index in [0.717, 1.165) is 22.0 Å². The van der Waals surface area contributed by atoms with Crippen molar-refractivity contribution in [2.45, 2.75) is 27.3 Å². The van der Waals surface area contributed by atoms with Crippen molar-refractivity contribution in [3.8, 4) is 0 Å². The molecule has 1 heterocycles. The molecule has 24 heavy (non-hydrogen) atoms. The Morgan fingerprint density at radius 1 is 1.08 bits per heavy atom. The van der Waals surface area contributed by atoms with E-state index in [0.29, 0.717) is 16.8 Å². The van der Waals surface area contributed by atoms with Crippen LogP contribution >= 0.6 is 0 Å². The fourth-order valence-electron chi connectivity index (χ4n) is 2.65. The van der Waals surface area contributed by atoms with Crippen LogP contribution in [0.5, 0.6) is 0 Å². The van der Waals surface area contributed by atoms with E-state index in [2.05, 4.69) is 10.3 Å². The van der Waals surface area contributed by atoms with E-state index in [9.17, 15) is 9.18 Å². The van der Waals surface area contributed by atoms with Crippen molar-refractivity contribution in [1.82, 2.24) is 10.3 Å². The number of hydrogen-bond donors (Lipinski definition) is 1. The maximum absolute atomic E-state index is 13.6. The molecule has 1 aromatic heterocycles. The number of aryl methyl sites for hydroxylation is 3. The lowest BCUT2D eigenvalue weighted by Crippen LogP contribution is -2.24. The average Bonchev–Trinajstić information content (AvgIpc) is 2.55. The largest absolute Gasteiger partial charge is 0.348 e. The number of carbonyl (C=O) groups excluding carboxylic acids is 1. The van der Waals surface area contributed by atoms with Gasteiger partial charge >= 0.3 is 0 Å². The maximum Gasteiger partial charge on any atom is 0.253 e. The van der Waals surface area contributed by atoms with E-state index in [1.54, 1.807) is 13.0 Å². The van der Waals surface area contributed by atoms with Crippen molar-refractivity contribution >= 4 is 16.8 Å². The second kappa shape index (κ2) is 6.40. The molecule has 0 radical (unpaired) electrons. The average molecular weight is 322 g/mol. The smallest absolute Gasteiger partial charge is 0.253 e. The summed E-state index contributed by atoms with van der Waals surface area (Å²) in [6.07, 6.45) is 0. The van der Waals surface area contributed by atoms with E-state index >= 15 is 0 Å². The second-order valence-corrected chi connectivity index (χ2v) is 6.08. The van der Waals surface area contributed by atoms with E-state index in [1.165, 1.54) is 6.07 Å². The summed E-state index contributed by atoms with van der Waals surface area (Å²) in [5, 5.41) is 3.77. The lowest BCUT2D eigenvalue weighted by atomic mass is 10.1. The van der Waals surface area contributed by atoms with Gasteiger partial charge in [-0.15, -0.1) is 0 Å². The normalized spacial score (nSPS) is 10.8. The van der Waals surface area contributed by atoms with Crippen molar-refractivity contribution < 1.29 is 9.18 Å². The van der Waals surface area contributed by atoms with Crippen LogP contribution in [0.3, 0.4) is 0 Å². The Labute approximate surface area is 140 Å². The summed E-state index contributed by atoms with van der Waals surface area (Å²) in [5.74, 6) is -0.467. The predicted octanol–water partition coefficient (Wildman–Crippen LogP) is 4.23. The van der Waals surface area contributed by atoms with Gasteiger partial charge in [-0.2, -0.15) is 0 Å². The first kappa shape index (κ1) is 16.1. The van der Waals surface area contributed by atoms with Crippen LogP contribution in [0.15, 0.2) is 42.5 Å². The van der Waals surface area contributed by atoms with Gasteiger partial charge in [0.25, 0.3) is 5.91 Å². The molecule has 1 N–H and O–H groups in total. The number of amides is 1. The summed E-state index contributed by atoms with van der Waals surface area (Å²) in [4.78, 5) is 17.0. The Hall–Kier alpha value is -2.75. The molecule has 0 atom stereocenters. The van der Waals surface area contributed by atoms with Gasteiger partial charge in [-0.05, 0) is 56.2 Å². The molecular weight excluding hydrogens is 303 g/mol. The Balaban J connectivity index is 1.82. The summed E-state index contributed by atoms with van der Waals surface area (Å²) in [7, 11) is 0. The third-order valence-corrected chi connectivity index (χ3v) is 4.09. The van der Waals surface area contributed by atoms with Crippen LogP contribution in [0.1, 0.15) is 32.7 Å². The number of aromatic nitrogens is 1. The minimum Gasteiger partial charge on any atom is -0.348 e. The van der Waals surface area contributed by atoms with Crippen molar-refractivity contribution in [2.24, 2.45) is 0 Å². The first-order valence-electron chi connectivity index (χ1n) is 7.85. The lowest BCUT2D eigenvalue weighted by Gasteiger charge is -2.10. The molecule has 0 bridgehead atoms. The fourth-order valence-corrected chi connectivity index (χ4v) is 2.65. The Morgan fingerprint density at radius 2 is 1.88 bits per heavy atom. The molecule has 0 aliphatic rings. The zero-order chi connectivity index (χ0) is 17.3. The van der Waals surface area contributed by atoms with Gasteiger partial charge in [-0.1, -0.05) is 23.8 Å². The second-order valence-electron chi connectivity index (χ2n) is 6.08. The zero-order valence-electron chi connectivity index (χ0n) is 14.0. The summed E-state index contributed by atoms with van der Waals surface area (Å²) in [5.41, 5.74) is 4.54. The summed E-state index contributed by atoms with van der Waals surface area (Å²) in [6, 6.07) is 12.8. The highest BCUT2D eigenvalue weighted by Crippen LogP contribution is 2.18. The highest BCUT2D eigenvalue weighted by atomic mass is 19.1. The fraction of sp³-hybridized carbons (Fsp3) is 0.200. The number of hydrogen-bond acceptors (Lipinski definition) is 2. The molecule has 0 aliphatic carbocycles. The quantitative estimate of drug-likeness (QED) is 0.784. The van der Waals surface area contributed by atoms with Crippen molar-refractivity contribution in [3.05, 3.63) is 76.2 Å². The van der Waals surface area contributed by atoms with E-state index in [-0.39, 0.29) is 18.3 Å². The number of benzene rings is 2.